The Kier molecular flexibility index (Phi) is 6.05. The molecule has 0 bridgehead atoms. The SMILES string of the molecule is C[C@H]1CCCN(c2ncnc3c2c(I)cn3COCC[Si](C)(C)C)C1. The summed E-state index contributed by atoms with van der Waals surface area (Å²) in [6, 6.07) is 1.19. The lowest BCUT2D eigenvalue weighted by Gasteiger charge is -2.32. The zero-order valence-electron chi connectivity index (χ0n) is 15.8. The molecule has 2 aromatic heterocycles. The van der Waals surface area contributed by atoms with E-state index in [4.69, 9.17) is 4.74 Å². The molecular formula is C18H29IN4OSi. The second-order valence-electron chi connectivity index (χ2n) is 8.38. The molecule has 1 saturated heterocycles. The highest BCUT2D eigenvalue weighted by Crippen LogP contribution is 2.31. The fourth-order valence-corrected chi connectivity index (χ4v) is 4.90. The molecule has 25 heavy (non-hydrogen) atoms. The Labute approximate surface area is 165 Å². The van der Waals surface area contributed by atoms with Crippen LogP contribution in [0, 0.1) is 9.49 Å². The highest BCUT2D eigenvalue weighted by molar-refractivity contribution is 14.1. The van der Waals surface area contributed by atoms with Crippen LogP contribution in [0.5, 0.6) is 0 Å². The minimum absolute atomic E-state index is 0.566. The van der Waals surface area contributed by atoms with Crippen molar-refractivity contribution in [3.63, 3.8) is 0 Å². The van der Waals surface area contributed by atoms with Gasteiger partial charge in [-0.25, -0.2) is 9.97 Å². The van der Waals surface area contributed by atoms with Gasteiger partial charge in [0.1, 0.15) is 24.5 Å². The summed E-state index contributed by atoms with van der Waals surface area (Å²) in [5.41, 5.74) is 0.987. The number of hydrogen-bond donors (Lipinski definition) is 0. The van der Waals surface area contributed by atoms with Gasteiger partial charge in [0.05, 0.1) is 5.39 Å². The molecule has 0 radical (unpaired) electrons. The Morgan fingerprint density at radius 3 is 2.84 bits per heavy atom. The standard InChI is InChI=1S/C18H29IN4OSi/c1-14-6-5-7-22(10-14)17-16-15(19)11-23(18(16)21-12-20-17)13-24-8-9-25(2,3)4/h11-12,14H,5-10,13H2,1-4H3/t14-/m0/s1. The minimum Gasteiger partial charge on any atom is -0.361 e. The van der Waals surface area contributed by atoms with Gasteiger partial charge < -0.3 is 14.2 Å². The average molecular weight is 472 g/mol. The molecule has 0 unspecified atom stereocenters. The maximum Gasteiger partial charge on any atom is 0.148 e. The highest BCUT2D eigenvalue weighted by atomic mass is 127. The Balaban J connectivity index is 1.79. The summed E-state index contributed by atoms with van der Waals surface area (Å²) in [4.78, 5) is 11.6. The maximum absolute atomic E-state index is 5.94. The number of rotatable bonds is 6. The first kappa shape index (κ1) is 19.1. The van der Waals surface area contributed by atoms with Gasteiger partial charge in [0.25, 0.3) is 0 Å². The summed E-state index contributed by atoms with van der Waals surface area (Å²) >= 11 is 2.40. The van der Waals surface area contributed by atoms with Crippen LogP contribution in [-0.4, -0.2) is 42.3 Å². The summed E-state index contributed by atoms with van der Waals surface area (Å²) < 4.78 is 9.27. The van der Waals surface area contributed by atoms with Crippen molar-refractivity contribution < 1.29 is 4.74 Å². The van der Waals surface area contributed by atoms with Crippen LogP contribution >= 0.6 is 22.6 Å². The number of piperidine rings is 1. The number of aromatic nitrogens is 3. The van der Waals surface area contributed by atoms with Crippen molar-refractivity contribution in [2.24, 2.45) is 5.92 Å². The number of fused-ring (bicyclic) bond motifs is 1. The molecule has 0 saturated carbocycles. The number of halogens is 1. The zero-order valence-corrected chi connectivity index (χ0v) is 18.9. The molecule has 2 aromatic rings. The summed E-state index contributed by atoms with van der Waals surface area (Å²) in [6.45, 7) is 13.0. The van der Waals surface area contributed by atoms with E-state index in [1.165, 1.54) is 27.8 Å². The van der Waals surface area contributed by atoms with E-state index in [-0.39, 0.29) is 0 Å². The van der Waals surface area contributed by atoms with Gasteiger partial charge in [-0.3, -0.25) is 0 Å². The van der Waals surface area contributed by atoms with Crippen molar-refractivity contribution in [1.82, 2.24) is 14.5 Å². The zero-order chi connectivity index (χ0) is 18.0. The second-order valence-corrected chi connectivity index (χ2v) is 15.2. The van der Waals surface area contributed by atoms with Crippen molar-refractivity contribution in [3.8, 4) is 0 Å². The van der Waals surface area contributed by atoms with Crippen LogP contribution in [0.15, 0.2) is 12.5 Å². The number of ether oxygens (including phenoxy) is 1. The molecule has 0 N–H and O–H groups in total. The Morgan fingerprint density at radius 1 is 1.32 bits per heavy atom. The van der Waals surface area contributed by atoms with E-state index in [9.17, 15) is 0 Å². The van der Waals surface area contributed by atoms with Crippen molar-refractivity contribution in [1.29, 1.82) is 0 Å². The summed E-state index contributed by atoms with van der Waals surface area (Å²) in [5, 5.41) is 1.17. The Morgan fingerprint density at radius 2 is 2.12 bits per heavy atom. The number of anilines is 1. The van der Waals surface area contributed by atoms with Crippen LogP contribution in [0.1, 0.15) is 19.8 Å². The van der Waals surface area contributed by atoms with Crippen LogP contribution < -0.4 is 4.90 Å². The van der Waals surface area contributed by atoms with Gasteiger partial charge in [0.2, 0.25) is 0 Å². The molecule has 0 aliphatic carbocycles. The Hall–Kier alpha value is -0.673. The first-order chi connectivity index (χ1) is 11.8. The van der Waals surface area contributed by atoms with Gasteiger partial charge in [0.15, 0.2) is 0 Å². The topological polar surface area (TPSA) is 43.2 Å². The van der Waals surface area contributed by atoms with E-state index in [1.54, 1.807) is 6.33 Å². The third-order valence-corrected chi connectivity index (χ3v) is 7.29. The number of hydrogen-bond acceptors (Lipinski definition) is 4. The van der Waals surface area contributed by atoms with Crippen molar-refractivity contribution in [2.75, 3.05) is 24.6 Å². The first-order valence-electron chi connectivity index (χ1n) is 9.17. The van der Waals surface area contributed by atoms with Gasteiger partial charge in [-0.15, -0.1) is 0 Å². The second kappa shape index (κ2) is 7.92. The third-order valence-electron chi connectivity index (χ3n) is 4.77. The molecule has 3 rings (SSSR count). The molecule has 7 heteroatoms. The monoisotopic (exact) mass is 472 g/mol. The summed E-state index contributed by atoms with van der Waals surface area (Å²) in [5.74, 6) is 1.81. The van der Waals surface area contributed by atoms with Crippen molar-refractivity contribution in [2.45, 2.75) is 52.2 Å². The molecule has 1 atom stereocenters. The quantitative estimate of drug-likeness (QED) is 0.351. The van der Waals surface area contributed by atoms with E-state index in [0.717, 1.165) is 37.1 Å². The van der Waals surface area contributed by atoms with E-state index in [1.807, 2.05) is 0 Å². The predicted octanol–water partition coefficient (Wildman–Crippen LogP) is 4.58. The summed E-state index contributed by atoms with van der Waals surface area (Å²) in [6.07, 6.45) is 6.40. The van der Waals surface area contributed by atoms with Crippen molar-refractivity contribution >= 4 is 47.5 Å². The largest absolute Gasteiger partial charge is 0.361 e. The smallest absolute Gasteiger partial charge is 0.148 e. The molecule has 1 aliphatic heterocycles. The van der Waals surface area contributed by atoms with Gasteiger partial charge >= 0.3 is 0 Å². The summed E-state index contributed by atoms with van der Waals surface area (Å²) in [7, 11) is -1.05. The fraction of sp³-hybridized carbons (Fsp3) is 0.667. The average Bonchev–Trinajstić information content (AvgIpc) is 2.87. The molecule has 0 amide bonds. The van der Waals surface area contributed by atoms with Crippen LogP contribution in [0.4, 0.5) is 5.82 Å². The lowest BCUT2D eigenvalue weighted by molar-refractivity contribution is 0.0898. The van der Waals surface area contributed by atoms with Crippen molar-refractivity contribution in [3.05, 3.63) is 16.1 Å². The minimum atomic E-state index is -1.05. The van der Waals surface area contributed by atoms with Crippen LogP contribution in [0.3, 0.4) is 0 Å². The van der Waals surface area contributed by atoms with E-state index >= 15 is 0 Å². The van der Waals surface area contributed by atoms with E-state index in [0.29, 0.717) is 6.73 Å². The van der Waals surface area contributed by atoms with Crippen LogP contribution in [0.2, 0.25) is 25.7 Å². The molecular weight excluding hydrogens is 443 g/mol. The lowest BCUT2D eigenvalue weighted by Crippen LogP contribution is -2.35. The van der Waals surface area contributed by atoms with Gasteiger partial charge in [-0.05, 0) is 47.4 Å². The van der Waals surface area contributed by atoms with Crippen LogP contribution in [-0.2, 0) is 11.5 Å². The highest BCUT2D eigenvalue weighted by Gasteiger charge is 2.22. The molecule has 0 spiro atoms. The van der Waals surface area contributed by atoms with E-state index < -0.39 is 8.07 Å². The fourth-order valence-electron chi connectivity index (χ4n) is 3.32. The molecule has 1 fully saturated rings. The van der Waals surface area contributed by atoms with E-state index in [2.05, 4.69) is 74.8 Å². The third kappa shape index (κ3) is 4.74. The predicted molar refractivity (Wildman–Crippen MR) is 115 cm³/mol. The van der Waals surface area contributed by atoms with Crippen LogP contribution in [0.25, 0.3) is 11.0 Å². The number of nitrogens with zero attached hydrogens (tertiary/aromatic N) is 4. The first-order valence-corrected chi connectivity index (χ1v) is 14.0. The van der Waals surface area contributed by atoms with Gasteiger partial charge in [-0.2, -0.15) is 0 Å². The van der Waals surface area contributed by atoms with Gasteiger partial charge in [-0.1, -0.05) is 26.6 Å². The molecule has 1 aliphatic rings. The lowest BCUT2D eigenvalue weighted by atomic mass is 10.0. The molecule has 0 aromatic carbocycles. The maximum atomic E-state index is 5.94. The Bertz CT molecular complexity index is 728. The molecule has 138 valence electrons. The molecule has 3 heterocycles. The normalized spacial score (nSPS) is 18.9. The van der Waals surface area contributed by atoms with Gasteiger partial charge in [0, 0.05) is 37.5 Å². The molecule has 5 nitrogen and oxygen atoms in total.